The zero-order valence-electron chi connectivity index (χ0n) is 3.63. The van der Waals surface area contributed by atoms with Gasteiger partial charge in [0, 0.05) is 0 Å². The van der Waals surface area contributed by atoms with Crippen molar-refractivity contribution in [2.45, 2.75) is 0 Å². The normalized spacial score (nSPS) is 5.83. The standard InChI is InChI=1S/2Li.H2O3S/c;;1-4(2)3/h;;(H2,1,2,3)/q2*+1;/p-2. The van der Waals surface area contributed by atoms with Crippen molar-refractivity contribution in [2.24, 2.45) is 0 Å². The van der Waals surface area contributed by atoms with Gasteiger partial charge < -0.3 is 9.11 Å². The van der Waals surface area contributed by atoms with Crippen LogP contribution >= 0.6 is 0 Å². The molecule has 0 aromatic carbocycles. The van der Waals surface area contributed by atoms with Crippen molar-refractivity contribution in [3.05, 3.63) is 0 Å². The van der Waals surface area contributed by atoms with Crippen molar-refractivity contribution in [3.63, 3.8) is 0 Å². The summed E-state index contributed by atoms with van der Waals surface area (Å²) >= 11 is -3.11. The number of hydrogen-bond donors (Lipinski definition) is 0. The maximum absolute atomic E-state index is 8.44. The van der Waals surface area contributed by atoms with E-state index in [4.69, 9.17) is 13.3 Å². The molecule has 0 saturated carbocycles. The van der Waals surface area contributed by atoms with E-state index in [0.717, 1.165) is 0 Å². The van der Waals surface area contributed by atoms with Gasteiger partial charge in [0.25, 0.3) is 0 Å². The van der Waals surface area contributed by atoms with Crippen LogP contribution in [-0.4, -0.2) is 13.3 Å². The predicted octanol–water partition coefficient (Wildman–Crippen LogP) is -7.00. The maximum atomic E-state index is 8.44. The summed E-state index contributed by atoms with van der Waals surface area (Å²) in [5.41, 5.74) is 0. The number of hydrogen-bond acceptors (Lipinski definition) is 3. The third-order valence-corrected chi connectivity index (χ3v) is 0. The Kier molecular flexibility index (Phi) is 24.9. The van der Waals surface area contributed by atoms with Crippen LogP contribution in [0.3, 0.4) is 0 Å². The average molecular weight is 93.9 g/mol. The fourth-order valence-electron chi connectivity index (χ4n) is 0. The Balaban J connectivity index is -0.0000000450. The van der Waals surface area contributed by atoms with Crippen LogP contribution in [0, 0.1) is 0 Å². The molecule has 0 fully saturated rings. The molecule has 0 atom stereocenters. The molecule has 0 spiro atoms. The van der Waals surface area contributed by atoms with E-state index in [9.17, 15) is 0 Å². The zero-order chi connectivity index (χ0) is 3.58. The molecule has 0 rings (SSSR count). The minimum absolute atomic E-state index is 0. The second-order valence-corrected chi connectivity index (χ2v) is 0.612. The Labute approximate surface area is 62.4 Å². The van der Waals surface area contributed by atoms with Crippen molar-refractivity contribution < 1.29 is 51.0 Å². The van der Waals surface area contributed by atoms with Gasteiger partial charge in [-0.15, -0.1) is 11.4 Å². The molecule has 0 saturated heterocycles. The van der Waals surface area contributed by atoms with E-state index in [2.05, 4.69) is 0 Å². The van der Waals surface area contributed by atoms with Crippen molar-refractivity contribution in [2.75, 3.05) is 0 Å². The van der Waals surface area contributed by atoms with E-state index in [1.807, 2.05) is 0 Å². The van der Waals surface area contributed by atoms with Gasteiger partial charge in [0.1, 0.15) is 0 Å². The zero-order valence-corrected chi connectivity index (χ0v) is 4.45. The van der Waals surface area contributed by atoms with Gasteiger partial charge in [0.2, 0.25) is 0 Å². The Morgan fingerprint density at radius 1 is 1.17 bits per heavy atom. The molecule has 6 heavy (non-hydrogen) atoms. The SMILES string of the molecule is O=S([O-])[O-].[Li+].[Li+]. The molecule has 0 aliphatic rings. The van der Waals surface area contributed by atoms with Gasteiger partial charge in [-0.1, -0.05) is 0 Å². The first-order valence-corrected chi connectivity index (χ1v) is 1.50. The van der Waals surface area contributed by atoms with Crippen molar-refractivity contribution in [1.82, 2.24) is 0 Å². The summed E-state index contributed by atoms with van der Waals surface area (Å²) in [6.07, 6.45) is 0. The fraction of sp³-hybridized carbons (Fsp3) is 0. The Morgan fingerprint density at radius 3 is 1.17 bits per heavy atom. The summed E-state index contributed by atoms with van der Waals surface area (Å²) < 4.78 is 25.3. The van der Waals surface area contributed by atoms with Crippen LogP contribution in [0.25, 0.3) is 0 Å². The van der Waals surface area contributed by atoms with Gasteiger partial charge in [-0.05, 0) is 0 Å². The van der Waals surface area contributed by atoms with Crippen molar-refractivity contribution in [3.8, 4) is 0 Å². The van der Waals surface area contributed by atoms with Gasteiger partial charge >= 0.3 is 37.7 Å². The Morgan fingerprint density at radius 2 is 1.17 bits per heavy atom. The maximum Gasteiger partial charge on any atom is 1.00 e. The summed E-state index contributed by atoms with van der Waals surface area (Å²) in [7, 11) is 0. The van der Waals surface area contributed by atoms with Crippen LogP contribution in [0.15, 0.2) is 0 Å². The fourth-order valence-corrected chi connectivity index (χ4v) is 0. The third-order valence-electron chi connectivity index (χ3n) is 0. The van der Waals surface area contributed by atoms with Gasteiger partial charge in [-0.3, -0.25) is 4.21 Å². The molecule has 0 aromatic heterocycles. The molecular formula is Li2O3S. The summed E-state index contributed by atoms with van der Waals surface area (Å²) in [4.78, 5) is 0. The smallest absolute Gasteiger partial charge is 0.784 e. The molecule has 0 aliphatic heterocycles. The predicted molar refractivity (Wildman–Crippen MR) is 9.70 cm³/mol. The van der Waals surface area contributed by atoms with Gasteiger partial charge in [-0.2, -0.15) is 0 Å². The monoisotopic (exact) mass is 94.0 g/mol. The molecule has 0 aliphatic carbocycles. The Bertz CT molecular complexity index is 31.8. The summed E-state index contributed by atoms with van der Waals surface area (Å²) in [5, 5.41) is 0. The van der Waals surface area contributed by atoms with Gasteiger partial charge in [-0.25, -0.2) is 0 Å². The first-order chi connectivity index (χ1) is 1.73. The quantitative estimate of drug-likeness (QED) is 0.221. The topological polar surface area (TPSA) is 63.2 Å². The second-order valence-electron chi connectivity index (χ2n) is 0.204. The van der Waals surface area contributed by atoms with Crippen LogP contribution in [0.1, 0.15) is 0 Å². The molecule has 0 radical (unpaired) electrons. The van der Waals surface area contributed by atoms with E-state index in [1.54, 1.807) is 0 Å². The first-order valence-electron chi connectivity index (χ1n) is 0.500. The van der Waals surface area contributed by atoms with Crippen LogP contribution in [0.2, 0.25) is 0 Å². The minimum atomic E-state index is -3.11. The minimum Gasteiger partial charge on any atom is -0.784 e. The third kappa shape index (κ3) is 59.9. The van der Waals surface area contributed by atoms with E-state index < -0.39 is 11.4 Å². The molecule has 0 bridgehead atoms. The summed E-state index contributed by atoms with van der Waals surface area (Å²) in [6, 6.07) is 0. The van der Waals surface area contributed by atoms with E-state index in [0.29, 0.717) is 0 Å². The molecule has 0 aromatic rings. The number of rotatable bonds is 0. The molecule has 0 unspecified atom stereocenters. The molecular weight excluding hydrogens is 93.9 g/mol. The van der Waals surface area contributed by atoms with Gasteiger partial charge in [0.15, 0.2) is 0 Å². The van der Waals surface area contributed by atoms with E-state index in [1.165, 1.54) is 0 Å². The summed E-state index contributed by atoms with van der Waals surface area (Å²) in [5.74, 6) is 0. The largest absolute Gasteiger partial charge is 1.00 e. The molecule has 0 N–H and O–H groups in total. The van der Waals surface area contributed by atoms with Crippen LogP contribution in [-0.2, 0) is 11.4 Å². The Hall–Kier alpha value is 1.26. The van der Waals surface area contributed by atoms with Gasteiger partial charge in [0.05, 0.1) is 0 Å². The van der Waals surface area contributed by atoms with Crippen molar-refractivity contribution in [1.29, 1.82) is 0 Å². The first kappa shape index (κ1) is 15.7. The van der Waals surface area contributed by atoms with E-state index in [-0.39, 0.29) is 37.7 Å². The van der Waals surface area contributed by atoms with Crippen LogP contribution < -0.4 is 37.7 Å². The van der Waals surface area contributed by atoms with Crippen molar-refractivity contribution >= 4 is 11.4 Å². The molecule has 3 nitrogen and oxygen atoms in total. The molecule has 0 heterocycles. The molecule has 26 valence electrons. The molecule has 0 amide bonds. The molecule has 6 heteroatoms. The van der Waals surface area contributed by atoms with E-state index >= 15 is 0 Å². The second kappa shape index (κ2) is 9.55. The van der Waals surface area contributed by atoms with Crippen LogP contribution in [0.5, 0.6) is 0 Å². The summed E-state index contributed by atoms with van der Waals surface area (Å²) in [6.45, 7) is 0. The average Bonchev–Trinajstić information content (AvgIpc) is 0.811. The van der Waals surface area contributed by atoms with Crippen LogP contribution in [0.4, 0.5) is 0 Å².